The Bertz CT molecular complexity index is 178. The number of rotatable bonds is 5. The van der Waals surface area contributed by atoms with Gasteiger partial charge >= 0.3 is 5.97 Å². The van der Waals surface area contributed by atoms with Crippen LogP contribution in [0.3, 0.4) is 0 Å². The van der Waals surface area contributed by atoms with Crippen molar-refractivity contribution in [3.8, 4) is 0 Å². The topological polar surface area (TPSA) is 37.3 Å². The number of allylic oxidation sites excluding steroid dienone is 4. The number of aliphatic carboxylic acids is 1. The molecule has 60 valence electrons. The molecular weight excluding hydrogens is 140 g/mol. The van der Waals surface area contributed by atoms with Gasteiger partial charge in [-0.25, -0.2) is 4.79 Å². The maximum Gasteiger partial charge on any atom is 0.328 e. The Hall–Kier alpha value is -1.31. The molecular formula is C9H12O2. The van der Waals surface area contributed by atoms with Crippen molar-refractivity contribution in [1.29, 1.82) is 0 Å². The number of hydrogen-bond donors (Lipinski definition) is 1. The monoisotopic (exact) mass is 152 g/mol. The van der Waals surface area contributed by atoms with E-state index < -0.39 is 5.97 Å². The van der Waals surface area contributed by atoms with E-state index in [9.17, 15) is 4.79 Å². The van der Waals surface area contributed by atoms with Gasteiger partial charge in [-0.15, -0.1) is 6.58 Å². The molecule has 1 N–H and O–H groups in total. The zero-order valence-electron chi connectivity index (χ0n) is 6.36. The summed E-state index contributed by atoms with van der Waals surface area (Å²) in [5.41, 5.74) is 0. The molecule has 0 saturated carbocycles. The Labute approximate surface area is 66.5 Å². The lowest BCUT2D eigenvalue weighted by Gasteiger charge is -1.81. The highest BCUT2D eigenvalue weighted by atomic mass is 16.4. The van der Waals surface area contributed by atoms with E-state index in [1.165, 1.54) is 6.08 Å². The van der Waals surface area contributed by atoms with E-state index in [4.69, 9.17) is 5.11 Å². The predicted octanol–water partition coefficient (Wildman–Crippen LogP) is 2.15. The molecule has 0 atom stereocenters. The molecule has 0 aromatic carbocycles. The van der Waals surface area contributed by atoms with Crippen LogP contribution in [0.2, 0.25) is 0 Å². The summed E-state index contributed by atoms with van der Waals surface area (Å²) in [6.45, 7) is 3.56. The second-order valence-corrected chi connectivity index (χ2v) is 1.99. The quantitative estimate of drug-likeness (QED) is 0.283. The molecule has 0 bridgehead atoms. The first-order chi connectivity index (χ1) is 5.27. The third kappa shape index (κ3) is 8.69. The second-order valence-electron chi connectivity index (χ2n) is 1.99. The summed E-state index contributed by atoms with van der Waals surface area (Å²) in [7, 11) is 0. The maximum absolute atomic E-state index is 9.95. The zero-order valence-corrected chi connectivity index (χ0v) is 6.36. The molecule has 0 rings (SSSR count). The van der Waals surface area contributed by atoms with Crippen LogP contribution in [0.1, 0.15) is 12.8 Å². The minimum absolute atomic E-state index is 0.910. The molecule has 0 saturated heterocycles. The molecule has 0 fully saturated rings. The molecule has 0 unspecified atom stereocenters. The smallest absolute Gasteiger partial charge is 0.328 e. The van der Waals surface area contributed by atoms with Gasteiger partial charge < -0.3 is 5.11 Å². The highest BCUT2D eigenvalue weighted by Gasteiger charge is 1.79. The number of carboxylic acid groups (broad SMARTS) is 1. The Balaban J connectivity index is 3.43. The molecule has 0 aliphatic rings. The number of carboxylic acids is 1. The average Bonchev–Trinajstić information content (AvgIpc) is 1.96. The first-order valence-corrected chi connectivity index (χ1v) is 3.44. The SMILES string of the molecule is C=CCCC=CC=CC(=O)O. The Morgan fingerprint density at radius 2 is 2.09 bits per heavy atom. The molecule has 0 radical (unpaired) electrons. The van der Waals surface area contributed by atoms with Crippen molar-refractivity contribution in [1.82, 2.24) is 0 Å². The van der Waals surface area contributed by atoms with Crippen LogP contribution < -0.4 is 0 Å². The van der Waals surface area contributed by atoms with Crippen LogP contribution in [0.4, 0.5) is 0 Å². The highest BCUT2D eigenvalue weighted by molar-refractivity contribution is 5.80. The van der Waals surface area contributed by atoms with Gasteiger partial charge in [-0.1, -0.05) is 24.3 Å². The van der Waals surface area contributed by atoms with Crippen molar-refractivity contribution in [2.45, 2.75) is 12.8 Å². The number of carbonyl (C=O) groups is 1. The van der Waals surface area contributed by atoms with Crippen LogP contribution in [-0.4, -0.2) is 11.1 Å². The predicted molar refractivity (Wildman–Crippen MR) is 45.3 cm³/mol. The molecule has 11 heavy (non-hydrogen) atoms. The Morgan fingerprint density at radius 1 is 1.36 bits per heavy atom. The molecule has 0 aliphatic carbocycles. The summed E-state index contributed by atoms with van der Waals surface area (Å²) in [5, 5.41) is 8.18. The van der Waals surface area contributed by atoms with E-state index in [0.29, 0.717) is 0 Å². The van der Waals surface area contributed by atoms with Crippen LogP contribution in [0.25, 0.3) is 0 Å². The van der Waals surface area contributed by atoms with Gasteiger partial charge in [0.25, 0.3) is 0 Å². The first-order valence-electron chi connectivity index (χ1n) is 3.44. The normalized spacial score (nSPS) is 10.9. The minimum Gasteiger partial charge on any atom is -0.478 e. The molecule has 0 aromatic heterocycles. The lowest BCUT2D eigenvalue weighted by Crippen LogP contribution is -1.84. The molecule has 2 heteroatoms. The first kappa shape index (κ1) is 9.69. The fraction of sp³-hybridized carbons (Fsp3) is 0.222. The van der Waals surface area contributed by atoms with Crippen LogP contribution in [0.5, 0.6) is 0 Å². The van der Waals surface area contributed by atoms with Gasteiger partial charge in [-0.3, -0.25) is 0 Å². The zero-order chi connectivity index (χ0) is 8.53. The largest absolute Gasteiger partial charge is 0.478 e. The van der Waals surface area contributed by atoms with Gasteiger partial charge in [-0.05, 0) is 12.8 Å². The van der Waals surface area contributed by atoms with Crippen LogP contribution in [-0.2, 0) is 4.79 Å². The van der Waals surface area contributed by atoms with Crippen molar-refractivity contribution < 1.29 is 9.90 Å². The maximum atomic E-state index is 9.95. The molecule has 2 nitrogen and oxygen atoms in total. The fourth-order valence-electron chi connectivity index (χ4n) is 0.527. The average molecular weight is 152 g/mol. The Morgan fingerprint density at radius 3 is 2.64 bits per heavy atom. The van der Waals surface area contributed by atoms with Gasteiger partial charge in [0.2, 0.25) is 0 Å². The number of hydrogen-bond acceptors (Lipinski definition) is 1. The molecule has 0 amide bonds. The van der Waals surface area contributed by atoms with E-state index >= 15 is 0 Å². The van der Waals surface area contributed by atoms with Crippen LogP contribution >= 0.6 is 0 Å². The fourth-order valence-corrected chi connectivity index (χ4v) is 0.527. The van der Waals surface area contributed by atoms with Gasteiger partial charge in [0.1, 0.15) is 0 Å². The summed E-state index contributed by atoms with van der Waals surface area (Å²) in [4.78, 5) is 9.95. The summed E-state index contributed by atoms with van der Waals surface area (Å²) < 4.78 is 0. The minimum atomic E-state index is -0.918. The lowest BCUT2D eigenvalue weighted by atomic mass is 10.3. The van der Waals surface area contributed by atoms with E-state index in [-0.39, 0.29) is 0 Å². The number of unbranched alkanes of at least 4 members (excludes halogenated alkanes) is 1. The van der Waals surface area contributed by atoms with Crippen molar-refractivity contribution >= 4 is 5.97 Å². The lowest BCUT2D eigenvalue weighted by molar-refractivity contribution is -0.131. The van der Waals surface area contributed by atoms with Gasteiger partial charge in [-0.2, -0.15) is 0 Å². The third-order valence-electron chi connectivity index (χ3n) is 1.02. The van der Waals surface area contributed by atoms with Crippen molar-refractivity contribution in [3.63, 3.8) is 0 Å². The van der Waals surface area contributed by atoms with Crippen LogP contribution in [0, 0.1) is 0 Å². The summed E-state index contributed by atoms with van der Waals surface area (Å²) in [6.07, 6.45) is 9.89. The standard InChI is InChI=1S/C9H12O2/c1-2-3-4-5-6-7-8-9(10)11/h2,5-8H,1,3-4H2,(H,10,11). The highest BCUT2D eigenvalue weighted by Crippen LogP contribution is 1.90. The van der Waals surface area contributed by atoms with E-state index in [0.717, 1.165) is 18.9 Å². The van der Waals surface area contributed by atoms with E-state index in [2.05, 4.69) is 6.58 Å². The summed E-state index contributed by atoms with van der Waals surface area (Å²) in [5.74, 6) is -0.918. The summed E-state index contributed by atoms with van der Waals surface area (Å²) >= 11 is 0. The van der Waals surface area contributed by atoms with Gasteiger partial charge in [0, 0.05) is 6.08 Å². The van der Waals surface area contributed by atoms with Gasteiger partial charge in [0.15, 0.2) is 0 Å². The summed E-state index contributed by atoms with van der Waals surface area (Å²) in [6, 6.07) is 0. The Kier molecular flexibility index (Phi) is 5.99. The van der Waals surface area contributed by atoms with Crippen LogP contribution in [0.15, 0.2) is 37.0 Å². The molecule has 0 aromatic rings. The van der Waals surface area contributed by atoms with E-state index in [1.54, 1.807) is 6.08 Å². The van der Waals surface area contributed by atoms with Gasteiger partial charge in [0.05, 0.1) is 0 Å². The van der Waals surface area contributed by atoms with Crippen molar-refractivity contribution in [2.75, 3.05) is 0 Å². The molecule has 0 heterocycles. The van der Waals surface area contributed by atoms with Crippen molar-refractivity contribution in [2.24, 2.45) is 0 Å². The molecule has 0 aliphatic heterocycles. The third-order valence-corrected chi connectivity index (χ3v) is 1.02. The van der Waals surface area contributed by atoms with Crippen molar-refractivity contribution in [3.05, 3.63) is 37.0 Å². The van der Waals surface area contributed by atoms with E-state index in [1.807, 2.05) is 12.2 Å². The second kappa shape index (κ2) is 6.81. The molecule has 0 spiro atoms.